The van der Waals surface area contributed by atoms with E-state index in [9.17, 15) is 4.79 Å². The first-order valence-electron chi connectivity index (χ1n) is 6.16. The Hall–Kier alpha value is -0.980. The van der Waals surface area contributed by atoms with Crippen molar-refractivity contribution in [1.29, 1.82) is 0 Å². The van der Waals surface area contributed by atoms with Crippen LogP contribution in [-0.4, -0.2) is 58.1 Å². The molecule has 18 heavy (non-hydrogen) atoms. The Morgan fingerprint density at radius 2 is 2.17 bits per heavy atom. The van der Waals surface area contributed by atoms with E-state index in [2.05, 4.69) is 9.88 Å². The van der Waals surface area contributed by atoms with Crippen molar-refractivity contribution in [3.8, 4) is 0 Å². The molecule has 0 spiro atoms. The van der Waals surface area contributed by atoms with E-state index in [-0.39, 0.29) is 6.04 Å². The smallest absolute Gasteiger partial charge is 0.320 e. The lowest BCUT2D eigenvalue weighted by molar-refractivity contribution is -0.143. The summed E-state index contributed by atoms with van der Waals surface area (Å²) in [5.41, 5.74) is 2.99. The molecule has 1 aromatic rings. The van der Waals surface area contributed by atoms with Crippen LogP contribution in [0.5, 0.6) is 0 Å². The minimum atomic E-state index is -0.734. The third kappa shape index (κ3) is 3.07. The molecule has 1 N–H and O–H groups in total. The number of aryl methyl sites for hydroxylation is 1. The quantitative estimate of drug-likeness (QED) is 0.885. The number of aliphatic carboxylic acids is 1. The van der Waals surface area contributed by atoms with Gasteiger partial charge in [-0.3, -0.25) is 14.6 Å². The fourth-order valence-corrected chi connectivity index (χ4v) is 2.96. The zero-order valence-electron chi connectivity index (χ0n) is 10.8. The first-order valence-corrected chi connectivity index (χ1v) is 7.04. The molecule has 0 radical (unpaired) electrons. The number of aromatic nitrogens is 1. The highest BCUT2D eigenvalue weighted by molar-refractivity contribution is 7.09. The first-order chi connectivity index (χ1) is 8.58. The largest absolute Gasteiger partial charge is 0.480 e. The van der Waals surface area contributed by atoms with Gasteiger partial charge >= 0.3 is 5.97 Å². The molecule has 1 saturated heterocycles. The van der Waals surface area contributed by atoms with Gasteiger partial charge in [-0.25, -0.2) is 4.98 Å². The van der Waals surface area contributed by atoms with Crippen LogP contribution in [0, 0.1) is 6.92 Å². The van der Waals surface area contributed by atoms with Crippen molar-refractivity contribution in [1.82, 2.24) is 14.8 Å². The van der Waals surface area contributed by atoms with Gasteiger partial charge in [0.15, 0.2) is 0 Å². The highest BCUT2D eigenvalue weighted by atomic mass is 32.1. The van der Waals surface area contributed by atoms with E-state index in [1.165, 1.54) is 4.88 Å². The van der Waals surface area contributed by atoms with Crippen LogP contribution in [0.1, 0.15) is 17.5 Å². The topological polar surface area (TPSA) is 56.7 Å². The molecule has 0 saturated carbocycles. The predicted octanol–water partition coefficient (Wildman–Crippen LogP) is 1.04. The highest BCUT2D eigenvalue weighted by Crippen LogP contribution is 2.16. The Kier molecular flexibility index (Phi) is 4.31. The van der Waals surface area contributed by atoms with Crippen LogP contribution < -0.4 is 0 Å². The van der Waals surface area contributed by atoms with Crippen LogP contribution in [0.15, 0.2) is 5.51 Å². The Morgan fingerprint density at radius 1 is 1.50 bits per heavy atom. The molecule has 2 rings (SSSR count). The number of rotatable bonds is 4. The third-order valence-electron chi connectivity index (χ3n) is 3.52. The summed E-state index contributed by atoms with van der Waals surface area (Å²) in [7, 11) is 0. The van der Waals surface area contributed by atoms with E-state index in [1.54, 1.807) is 18.3 Å². The zero-order valence-corrected chi connectivity index (χ0v) is 11.6. The second-order valence-corrected chi connectivity index (χ2v) is 5.63. The maximum Gasteiger partial charge on any atom is 0.320 e. The number of carboxylic acid groups (broad SMARTS) is 1. The third-order valence-corrected chi connectivity index (χ3v) is 4.44. The number of carboxylic acids is 1. The lowest BCUT2D eigenvalue weighted by atomic mass is 10.2. The van der Waals surface area contributed by atoms with Crippen LogP contribution in [0.3, 0.4) is 0 Å². The molecule has 5 nitrogen and oxygen atoms in total. The summed E-state index contributed by atoms with van der Waals surface area (Å²) in [6, 6.07) is -0.378. The van der Waals surface area contributed by atoms with Gasteiger partial charge in [0.1, 0.15) is 6.04 Å². The zero-order chi connectivity index (χ0) is 13.1. The van der Waals surface area contributed by atoms with Gasteiger partial charge < -0.3 is 5.11 Å². The number of hydrogen-bond acceptors (Lipinski definition) is 5. The summed E-state index contributed by atoms with van der Waals surface area (Å²) >= 11 is 1.69. The summed E-state index contributed by atoms with van der Waals surface area (Å²) in [6.07, 6.45) is 0. The summed E-state index contributed by atoms with van der Waals surface area (Å²) < 4.78 is 0. The van der Waals surface area contributed by atoms with E-state index >= 15 is 0 Å². The summed E-state index contributed by atoms with van der Waals surface area (Å²) in [5.74, 6) is -0.734. The van der Waals surface area contributed by atoms with Crippen molar-refractivity contribution in [2.24, 2.45) is 0 Å². The highest BCUT2D eigenvalue weighted by Gasteiger charge is 2.25. The molecule has 1 unspecified atom stereocenters. The van der Waals surface area contributed by atoms with Gasteiger partial charge in [0.2, 0.25) is 0 Å². The molecule has 100 valence electrons. The van der Waals surface area contributed by atoms with Crippen molar-refractivity contribution in [2.75, 3.05) is 26.2 Å². The van der Waals surface area contributed by atoms with Gasteiger partial charge in [-0.15, -0.1) is 11.3 Å². The molecule has 6 heteroatoms. The average molecular weight is 269 g/mol. The lowest BCUT2D eigenvalue weighted by Crippen LogP contribution is -2.51. The van der Waals surface area contributed by atoms with Crippen LogP contribution >= 0.6 is 11.3 Å². The molecule has 0 aromatic carbocycles. The average Bonchev–Trinajstić information content (AvgIpc) is 2.75. The van der Waals surface area contributed by atoms with Gasteiger partial charge in [0.05, 0.1) is 11.2 Å². The van der Waals surface area contributed by atoms with Crippen molar-refractivity contribution in [2.45, 2.75) is 26.4 Å². The fraction of sp³-hybridized carbons (Fsp3) is 0.667. The second-order valence-electron chi connectivity index (χ2n) is 4.69. The minimum absolute atomic E-state index is 0.378. The van der Waals surface area contributed by atoms with E-state index in [0.717, 1.165) is 38.4 Å². The summed E-state index contributed by atoms with van der Waals surface area (Å²) in [4.78, 5) is 20.9. The SMILES string of the molecule is Cc1ncsc1CN1CCN(C(C)C(=O)O)CC1. The molecule has 0 amide bonds. The number of carbonyl (C=O) groups is 1. The normalized spacial score (nSPS) is 19.9. The number of hydrogen-bond donors (Lipinski definition) is 1. The molecule has 1 aliphatic heterocycles. The molecule has 0 aliphatic carbocycles. The van der Waals surface area contributed by atoms with Crippen molar-refractivity contribution in [3.05, 3.63) is 16.1 Å². The maximum atomic E-state index is 10.9. The van der Waals surface area contributed by atoms with Crippen LogP contribution in [0.25, 0.3) is 0 Å². The van der Waals surface area contributed by atoms with E-state index < -0.39 is 5.97 Å². The Labute approximate surface area is 111 Å². The van der Waals surface area contributed by atoms with Gasteiger partial charge in [0.25, 0.3) is 0 Å². The molecule has 2 heterocycles. The second kappa shape index (κ2) is 5.77. The number of nitrogens with zero attached hydrogens (tertiary/aromatic N) is 3. The van der Waals surface area contributed by atoms with Crippen molar-refractivity contribution < 1.29 is 9.90 Å². The molecule has 1 atom stereocenters. The van der Waals surface area contributed by atoms with E-state index in [0.29, 0.717) is 0 Å². The fourth-order valence-electron chi connectivity index (χ4n) is 2.15. The Morgan fingerprint density at radius 3 is 2.67 bits per heavy atom. The van der Waals surface area contributed by atoms with Crippen LogP contribution in [0.4, 0.5) is 0 Å². The molecular weight excluding hydrogens is 250 g/mol. The van der Waals surface area contributed by atoms with E-state index in [1.807, 2.05) is 17.3 Å². The van der Waals surface area contributed by atoms with Crippen molar-refractivity contribution in [3.63, 3.8) is 0 Å². The Balaban J connectivity index is 1.84. The summed E-state index contributed by atoms with van der Waals surface area (Å²) in [5, 5.41) is 8.98. The van der Waals surface area contributed by atoms with Gasteiger partial charge in [-0.1, -0.05) is 0 Å². The molecule has 1 aromatic heterocycles. The maximum absolute atomic E-state index is 10.9. The first kappa shape index (κ1) is 13.5. The van der Waals surface area contributed by atoms with Gasteiger partial charge in [0, 0.05) is 37.6 Å². The molecular formula is C12H19N3O2S. The van der Waals surface area contributed by atoms with Crippen LogP contribution in [-0.2, 0) is 11.3 Å². The van der Waals surface area contributed by atoms with Gasteiger partial charge in [-0.05, 0) is 13.8 Å². The van der Waals surface area contributed by atoms with E-state index in [4.69, 9.17) is 5.11 Å². The standard InChI is InChI=1S/C12H19N3O2S/c1-9-11(18-8-13-9)7-14-3-5-15(6-4-14)10(2)12(16)17/h8,10H,3-7H2,1-2H3,(H,16,17). The molecule has 1 fully saturated rings. The van der Waals surface area contributed by atoms with Gasteiger partial charge in [-0.2, -0.15) is 0 Å². The monoisotopic (exact) mass is 269 g/mol. The predicted molar refractivity (Wildman–Crippen MR) is 70.8 cm³/mol. The molecule has 0 bridgehead atoms. The number of piperazine rings is 1. The molecule has 1 aliphatic rings. The lowest BCUT2D eigenvalue weighted by Gasteiger charge is -2.36. The summed E-state index contributed by atoms with van der Waals surface area (Å²) in [6.45, 7) is 8.23. The Bertz CT molecular complexity index is 413. The van der Waals surface area contributed by atoms with Crippen molar-refractivity contribution >= 4 is 17.3 Å². The van der Waals surface area contributed by atoms with Crippen LogP contribution in [0.2, 0.25) is 0 Å². The number of thiazole rings is 1. The minimum Gasteiger partial charge on any atom is -0.480 e.